The van der Waals surface area contributed by atoms with Crippen molar-refractivity contribution >= 4 is 17.6 Å². The maximum atomic E-state index is 11.3. The van der Waals surface area contributed by atoms with Gasteiger partial charge in [0, 0.05) is 18.8 Å². The predicted octanol–water partition coefficient (Wildman–Crippen LogP) is 0.409. The number of carbonyl (C=O) groups excluding carboxylic acids is 2. The Hall–Kier alpha value is -2.04. The molecule has 0 radical (unpaired) electrons. The lowest BCUT2D eigenvalue weighted by Crippen LogP contribution is -2.47. The molecule has 1 N–H and O–H groups in total. The van der Waals surface area contributed by atoms with Crippen LogP contribution in [-0.4, -0.2) is 38.6 Å². The zero-order chi connectivity index (χ0) is 12.3. The molecule has 2 rings (SSSR count). The average Bonchev–Trinajstić information content (AvgIpc) is 2.38. The number of nitrogens with zero attached hydrogens (tertiary/aromatic N) is 1. The van der Waals surface area contributed by atoms with Gasteiger partial charge in [-0.1, -0.05) is 0 Å². The summed E-state index contributed by atoms with van der Waals surface area (Å²) in [5.41, 5.74) is 1.45. The largest absolute Gasteiger partial charge is 0.465 e. The fraction of sp³-hybridized carbons (Fsp3) is 0.333. The Kier molecular flexibility index (Phi) is 3.27. The Labute approximate surface area is 99.4 Å². The third-order valence-electron chi connectivity index (χ3n) is 2.69. The van der Waals surface area contributed by atoms with Gasteiger partial charge in [-0.2, -0.15) is 0 Å². The summed E-state index contributed by atoms with van der Waals surface area (Å²) >= 11 is 0. The van der Waals surface area contributed by atoms with E-state index in [9.17, 15) is 9.59 Å². The van der Waals surface area contributed by atoms with Crippen LogP contribution < -0.4 is 10.2 Å². The normalized spacial score (nSPS) is 15.4. The molecule has 1 heterocycles. The first-order chi connectivity index (χ1) is 8.20. The SMILES string of the molecule is COC(=O)c1ccc(N2CCNC(=O)C2)cc1. The zero-order valence-electron chi connectivity index (χ0n) is 9.60. The Bertz CT molecular complexity index is 428. The molecule has 0 aromatic heterocycles. The summed E-state index contributed by atoms with van der Waals surface area (Å²) in [5, 5.41) is 2.77. The van der Waals surface area contributed by atoms with E-state index in [1.165, 1.54) is 7.11 Å². The van der Waals surface area contributed by atoms with Gasteiger partial charge in [-0.15, -0.1) is 0 Å². The minimum Gasteiger partial charge on any atom is -0.465 e. The average molecular weight is 234 g/mol. The predicted molar refractivity (Wildman–Crippen MR) is 63.0 cm³/mol. The summed E-state index contributed by atoms with van der Waals surface area (Å²) in [6, 6.07) is 7.05. The molecule has 5 nitrogen and oxygen atoms in total. The van der Waals surface area contributed by atoms with Gasteiger partial charge < -0.3 is 15.0 Å². The van der Waals surface area contributed by atoms with Crippen LogP contribution in [0.1, 0.15) is 10.4 Å². The van der Waals surface area contributed by atoms with Crippen molar-refractivity contribution < 1.29 is 14.3 Å². The van der Waals surface area contributed by atoms with Gasteiger partial charge in [0.1, 0.15) is 0 Å². The molecule has 1 aromatic rings. The summed E-state index contributed by atoms with van der Waals surface area (Å²) in [5.74, 6) is -0.332. The van der Waals surface area contributed by atoms with Crippen LogP contribution in [0.3, 0.4) is 0 Å². The van der Waals surface area contributed by atoms with E-state index in [1.807, 2.05) is 17.0 Å². The minimum absolute atomic E-state index is 0.0216. The molecule has 0 unspecified atom stereocenters. The summed E-state index contributed by atoms with van der Waals surface area (Å²) in [6.07, 6.45) is 0. The number of anilines is 1. The Morgan fingerprint density at radius 1 is 1.35 bits per heavy atom. The standard InChI is InChI=1S/C12H14N2O3/c1-17-12(16)9-2-4-10(5-3-9)14-7-6-13-11(15)8-14/h2-5H,6-8H2,1H3,(H,13,15). The number of benzene rings is 1. The summed E-state index contributed by atoms with van der Waals surface area (Å²) < 4.78 is 4.62. The van der Waals surface area contributed by atoms with Crippen molar-refractivity contribution in [2.24, 2.45) is 0 Å². The van der Waals surface area contributed by atoms with Crippen LogP contribution in [0.15, 0.2) is 24.3 Å². The van der Waals surface area contributed by atoms with Gasteiger partial charge in [0.25, 0.3) is 0 Å². The molecule has 5 heteroatoms. The van der Waals surface area contributed by atoms with Gasteiger partial charge in [0.05, 0.1) is 19.2 Å². The van der Waals surface area contributed by atoms with E-state index in [4.69, 9.17) is 0 Å². The van der Waals surface area contributed by atoms with Crippen LogP contribution in [0.5, 0.6) is 0 Å². The molecule has 1 aliphatic rings. The Balaban J connectivity index is 2.12. The number of amides is 1. The van der Waals surface area contributed by atoms with Crippen molar-refractivity contribution in [1.82, 2.24) is 5.32 Å². The molecule has 1 amide bonds. The lowest BCUT2D eigenvalue weighted by Gasteiger charge is -2.28. The van der Waals surface area contributed by atoms with E-state index in [2.05, 4.69) is 10.1 Å². The van der Waals surface area contributed by atoms with E-state index in [0.717, 1.165) is 12.2 Å². The minimum atomic E-state index is -0.354. The number of methoxy groups -OCH3 is 1. The molecule has 0 bridgehead atoms. The summed E-state index contributed by atoms with van der Waals surface area (Å²) in [7, 11) is 1.35. The van der Waals surface area contributed by atoms with Crippen molar-refractivity contribution in [2.75, 3.05) is 31.6 Å². The molecule has 0 aliphatic carbocycles. The van der Waals surface area contributed by atoms with Gasteiger partial charge in [-0.25, -0.2) is 4.79 Å². The fourth-order valence-corrected chi connectivity index (χ4v) is 1.79. The Morgan fingerprint density at radius 3 is 2.65 bits per heavy atom. The third kappa shape index (κ3) is 2.55. The van der Waals surface area contributed by atoms with Gasteiger partial charge in [-0.05, 0) is 24.3 Å². The fourth-order valence-electron chi connectivity index (χ4n) is 1.79. The van der Waals surface area contributed by atoms with Gasteiger partial charge >= 0.3 is 5.97 Å². The van der Waals surface area contributed by atoms with Crippen LogP contribution in [0, 0.1) is 0 Å². The van der Waals surface area contributed by atoms with E-state index in [-0.39, 0.29) is 11.9 Å². The molecule has 1 fully saturated rings. The van der Waals surface area contributed by atoms with Crippen LogP contribution in [0.2, 0.25) is 0 Å². The molecule has 90 valence electrons. The number of hydrogen-bond acceptors (Lipinski definition) is 4. The van der Waals surface area contributed by atoms with Crippen LogP contribution in [-0.2, 0) is 9.53 Å². The molecule has 1 saturated heterocycles. The van der Waals surface area contributed by atoms with Crippen LogP contribution in [0.25, 0.3) is 0 Å². The first-order valence-electron chi connectivity index (χ1n) is 5.41. The number of nitrogens with one attached hydrogen (secondary N) is 1. The molecular formula is C12H14N2O3. The van der Waals surface area contributed by atoms with Gasteiger partial charge in [0.15, 0.2) is 0 Å². The number of piperazine rings is 1. The first kappa shape index (κ1) is 11.4. The third-order valence-corrected chi connectivity index (χ3v) is 2.69. The highest BCUT2D eigenvalue weighted by Crippen LogP contribution is 2.16. The second-order valence-electron chi connectivity index (χ2n) is 3.81. The van der Waals surface area contributed by atoms with Gasteiger partial charge in [0.2, 0.25) is 5.91 Å². The van der Waals surface area contributed by atoms with E-state index < -0.39 is 0 Å². The molecule has 1 aliphatic heterocycles. The second kappa shape index (κ2) is 4.86. The molecule has 1 aromatic carbocycles. The maximum absolute atomic E-state index is 11.3. The van der Waals surface area contributed by atoms with Crippen molar-refractivity contribution in [3.8, 4) is 0 Å². The van der Waals surface area contributed by atoms with Crippen LogP contribution >= 0.6 is 0 Å². The molecule has 0 spiro atoms. The lowest BCUT2D eigenvalue weighted by molar-refractivity contribution is -0.120. The van der Waals surface area contributed by atoms with Crippen molar-refractivity contribution in [3.63, 3.8) is 0 Å². The highest BCUT2D eigenvalue weighted by molar-refractivity contribution is 5.90. The molecule has 0 saturated carbocycles. The smallest absolute Gasteiger partial charge is 0.337 e. The topological polar surface area (TPSA) is 58.6 Å². The van der Waals surface area contributed by atoms with Crippen molar-refractivity contribution in [1.29, 1.82) is 0 Å². The summed E-state index contributed by atoms with van der Waals surface area (Å²) in [6.45, 7) is 1.79. The maximum Gasteiger partial charge on any atom is 0.337 e. The second-order valence-corrected chi connectivity index (χ2v) is 3.81. The molecule has 17 heavy (non-hydrogen) atoms. The summed E-state index contributed by atoms with van der Waals surface area (Å²) in [4.78, 5) is 24.5. The number of rotatable bonds is 2. The monoisotopic (exact) mass is 234 g/mol. The Morgan fingerprint density at radius 2 is 2.06 bits per heavy atom. The zero-order valence-corrected chi connectivity index (χ0v) is 9.60. The number of carbonyl (C=O) groups is 2. The number of esters is 1. The molecular weight excluding hydrogens is 220 g/mol. The highest BCUT2D eigenvalue weighted by atomic mass is 16.5. The van der Waals surface area contributed by atoms with Gasteiger partial charge in [-0.3, -0.25) is 4.79 Å². The molecule has 0 atom stereocenters. The number of ether oxygens (including phenoxy) is 1. The van der Waals surface area contributed by atoms with E-state index in [1.54, 1.807) is 12.1 Å². The lowest BCUT2D eigenvalue weighted by atomic mass is 10.2. The first-order valence-corrected chi connectivity index (χ1v) is 5.41. The highest BCUT2D eigenvalue weighted by Gasteiger charge is 2.16. The number of hydrogen-bond donors (Lipinski definition) is 1. The quantitative estimate of drug-likeness (QED) is 0.753. The van der Waals surface area contributed by atoms with Crippen molar-refractivity contribution in [2.45, 2.75) is 0 Å². The van der Waals surface area contributed by atoms with Crippen LogP contribution in [0.4, 0.5) is 5.69 Å². The van der Waals surface area contributed by atoms with E-state index in [0.29, 0.717) is 18.7 Å². The van der Waals surface area contributed by atoms with E-state index >= 15 is 0 Å². The van der Waals surface area contributed by atoms with Crippen molar-refractivity contribution in [3.05, 3.63) is 29.8 Å².